The lowest BCUT2D eigenvalue weighted by Gasteiger charge is -2.31. The Morgan fingerprint density at radius 2 is 1.83 bits per heavy atom. The number of ketones is 1. The lowest BCUT2D eigenvalue weighted by Crippen LogP contribution is -2.40. The SMILES string of the molecule is O=C(c1ccc(Cl)c(Cl)c1)C1CCN(C(=O)c2cccs2)CC1. The van der Waals surface area contributed by atoms with E-state index < -0.39 is 0 Å². The van der Waals surface area contributed by atoms with Crippen LogP contribution in [0.2, 0.25) is 10.0 Å². The van der Waals surface area contributed by atoms with Crippen molar-refractivity contribution in [3.05, 3.63) is 56.2 Å². The van der Waals surface area contributed by atoms with E-state index in [1.807, 2.05) is 22.4 Å². The minimum atomic E-state index is -0.0698. The molecule has 0 saturated carbocycles. The molecule has 1 aliphatic heterocycles. The molecule has 2 aromatic rings. The number of carbonyl (C=O) groups excluding carboxylic acids is 2. The van der Waals surface area contributed by atoms with Gasteiger partial charge in [-0.2, -0.15) is 0 Å². The van der Waals surface area contributed by atoms with Gasteiger partial charge in [-0.15, -0.1) is 11.3 Å². The van der Waals surface area contributed by atoms with Gasteiger partial charge >= 0.3 is 0 Å². The van der Waals surface area contributed by atoms with E-state index in [1.54, 1.807) is 18.2 Å². The number of piperidine rings is 1. The third kappa shape index (κ3) is 3.60. The van der Waals surface area contributed by atoms with Crippen molar-refractivity contribution in [2.75, 3.05) is 13.1 Å². The third-order valence-electron chi connectivity index (χ3n) is 4.09. The second-order valence-corrected chi connectivity index (χ2v) is 7.30. The standard InChI is InChI=1S/C17H15Cl2NO2S/c18-13-4-3-12(10-14(13)19)16(21)11-5-7-20(8-6-11)17(22)15-2-1-9-23-15/h1-4,9-11H,5-8H2. The second kappa shape index (κ2) is 7.04. The van der Waals surface area contributed by atoms with Crippen LogP contribution in [0, 0.1) is 5.92 Å². The number of nitrogens with zero attached hydrogens (tertiary/aromatic N) is 1. The summed E-state index contributed by atoms with van der Waals surface area (Å²) in [7, 11) is 0. The van der Waals surface area contributed by atoms with Crippen LogP contribution in [-0.4, -0.2) is 29.7 Å². The van der Waals surface area contributed by atoms with E-state index in [-0.39, 0.29) is 17.6 Å². The van der Waals surface area contributed by atoms with E-state index >= 15 is 0 Å². The first-order chi connectivity index (χ1) is 11.1. The van der Waals surface area contributed by atoms with Gasteiger partial charge < -0.3 is 4.90 Å². The summed E-state index contributed by atoms with van der Waals surface area (Å²) >= 11 is 13.3. The van der Waals surface area contributed by atoms with E-state index in [4.69, 9.17) is 23.2 Å². The number of carbonyl (C=O) groups is 2. The number of hydrogen-bond acceptors (Lipinski definition) is 3. The summed E-state index contributed by atoms with van der Waals surface area (Å²) in [6, 6.07) is 8.68. The number of rotatable bonds is 3. The first-order valence-electron chi connectivity index (χ1n) is 7.38. The molecule has 0 spiro atoms. The molecule has 3 rings (SSSR count). The molecule has 1 saturated heterocycles. The number of likely N-dealkylation sites (tertiary alicyclic amines) is 1. The van der Waals surface area contributed by atoms with Crippen LogP contribution in [0.15, 0.2) is 35.7 Å². The number of Topliss-reactive ketones (excluding diaryl/α,β-unsaturated/α-hetero) is 1. The smallest absolute Gasteiger partial charge is 0.263 e. The first-order valence-corrected chi connectivity index (χ1v) is 9.02. The summed E-state index contributed by atoms with van der Waals surface area (Å²) < 4.78 is 0. The van der Waals surface area contributed by atoms with E-state index in [0.29, 0.717) is 41.5 Å². The minimum Gasteiger partial charge on any atom is -0.338 e. The molecule has 0 aliphatic carbocycles. The first kappa shape index (κ1) is 16.5. The molecule has 3 nitrogen and oxygen atoms in total. The highest BCUT2D eigenvalue weighted by molar-refractivity contribution is 7.12. The maximum Gasteiger partial charge on any atom is 0.263 e. The fourth-order valence-electron chi connectivity index (χ4n) is 2.79. The van der Waals surface area contributed by atoms with Gasteiger partial charge in [0.2, 0.25) is 0 Å². The summed E-state index contributed by atoms with van der Waals surface area (Å²) in [6.07, 6.45) is 1.35. The zero-order valence-electron chi connectivity index (χ0n) is 12.3. The maximum absolute atomic E-state index is 12.6. The fourth-order valence-corrected chi connectivity index (χ4v) is 3.77. The van der Waals surface area contributed by atoms with Crippen molar-refractivity contribution in [1.82, 2.24) is 4.90 Å². The van der Waals surface area contributed by atoms with Crippen molar-refractivity contribution in [2.45, 2.75) is 12.8 Å². The Kier molecular flexibility index (Phi) is 5.05. The predicted molar refractivity (Wildman–Crippen MR) is 93.7 cm³/mol. The normalized spacial score (nSPS) is 15.7. The van der Waals surface area contributed by atoms with Gasteiger partial charge in [0, 0.05) is 24.6 Å². The summed E-state index contributed by atoms with van der Waals surface area (Å²) in [5, 5.41) is 2.73. The molecular formula is C17H15Cl2NO2S. The van der Waals surface area contributed by atoms with Crippen molar-refractivity contribution in [3.63, 3.8) is 0 Å². The molecular weight excluding hydrogens is 353 g/mol. The summed E-state index contributed by atoms with van der Waals surface area (Å²) in [5.74, 6) is 0.0619. The van der Waals surface area contributed by atoms with E-state index in [2.05, 4.69) is 0 Å². The number of halogens is 2. The van der Waals surface area contributed by atoms with E-state index in [1.165, 1.54) is 11.3 Å². The lowest BCUT2D eigenvalue weighted by atomic mass is 9.89. The summed E-state index contributed by atoms with van der Waals surface area (Å²) in [4.78, 5) is 27.4. The Bertz CT molecular complexity index is 722. The largest absolute Gasteiger partial charge is 0.338 e. The molecule has 1 aliphatic rings. The predicted octanol–water partition coefficient (Wildman–Crippen LogP) is 4.79. The van der Waals surface area contributed by atoms with E-state index in [0.717, 1.165) is 4.88 Å². The summed E-state index contributed by atoms with van der Waals surface area (Å²) in [5.41, 5.74) is 0.586. The molecule has 0 radical (unpaired) electrons. The number of amides is 1. The third-order valence-corrected chi connectivity index (χ3v) is 5.69. The van der Waals surface area contributed by atoms with Crippen molar-refractivity contribution in [1.29, 1.82) is 0 Å². The summed E-state index contributed by atoms with van der Waals surface area (Å²) in [6.45, 7) is 1.21. The molecule has 0 bridgehead atoms. The second-order valence-electron chi connectivity index (χ2n) is 5.54. The molecule has 0 atom stereocenters. The molecule has 2 heterocycles. The molecule has 1 amide bonds. The quantitative estimate of drug-likeness (QED) is 0.731. The van der Waals surface area contributed by atoms with Crippen molar-refractivity contribution >= 4 is 46.2 Å². The van der Waals surface area contributed by atoms with E-state index in [9.17, 15) is 9.59 Å². The Labute approximate surface area is 148 Å². The fraction of sp³-hybridized carbons (Fsp3) is 0.294. The van der Waals surface area contributed by atoms with Crippen LogP contribution in [0.25, 0.3) is 0 Å². The molecule has 0 unspecified atom stereocenters. The van der Waals surface area contributed by atoms with Crippen LogP contribution in [0.5, 0.6) is 0 Å². The van der Waals surface area contributed by atoms with Gasteiger partial charge in [0.1, 0.15) is 0 Å². The molecule has 1 aromatic heterocycles. The van der Waals surface area contributed by atoms with Gasteiger partial charge in [-0.3, -0.25) is 9.59 Å². The Hall–Kier alpha value is -1.36. The minimum absolute atomic E-state index is 0.0560. The Morgan fingerprint density at radius 3 is 2.43 bits per heavy atom. The average molecular weight is 368 g/mol. The number of thiophene rings is 1. The molecule has 120 valence electrons. The van der Waals surface area contributed by atoms with Crippen LogP contribution in [0.1, 0.15) is 32.9 Å². The highest BCUT2D eigenvalue weighted by Gasteiger charge is 2.28. The lowest BCUT2D eigenvalue weighted by molar-refractivity contribution is 0.0654. The van der Waals surface area contributed by atoms with Gasteiger partial charge in [-0.25, -0.2) is 0 Å². The van der Waals surface area contributed by atoms with Gasteiger partial charge in [-0.1, -0.05) is 29.3 Å². The topological polar surface area (TPSA) is 37.4 Å². The Balaban J connectivity index is 1.63. The number of benzene rings is 1. The van der Waals surface area contributed by atoms with Gasteiger partial charge in [0.05, 0.1) is 14.9 Å². The molecule has 23 heavy (non-hydrogen) atoms. The molecule has 1 aromatic carbocycles. The van der Waals surface area contributed by atoms with Crippen LogP contribution >= 0.6 is 34.5 Å². The van der Waals surface area contributed by atoms with Gasteiger partial charge in [-0.05, 0) is 42.5 Å². The van der Waals surface area contributed by atoms with Crippen molar-refractivity contribution in [2.24, 2.45) is 5.92 Å². The van der Waals surface area contributed by atoms with Gasteiger partial charge in [0.15, 0.2) is 5.78 Å². The van der Waals surface area contributed by atoms with Crippen LogP contribution < -0.4 is 0 Å². The molecule has 0 N–H and O–H groups in total. The molecule has 6 heteroatoms. The van der Waals surface area contributed by atoms with Crippen LogP contribution in [-0.2, 0) is 0 Å². The zero-order valence-corrected chi connectivity index (χ0v) is 14.6. The van der Waals surface area contributed by atoms with Crippen molar-refractivity contribution < 1.29 is 9.59 Å². The van der Waals surface area contributed by atoms with Crippen LogP contribution in [0.4, 0.5) is 0 Å². The highest BCUT2D eigenvalue weighted by Crippen LogP contribution is 2.27. The average Bonchev–Trinajstić information content (AvgIpc) is 3.11. The highest BCUT2D eigenvalue weighted by atomic mass is 35.5. The molecule has 1 fully saturated rings. The monoisotopic (exact) mass is 367 g/mol. The Morgan fingerprint density at radius 1 is 1.09 bits per heavy atom. The number of hydrogen-bond donors (Lipinski definition) is 0. The van der Waals surface area contributed by atoms with Crippen molar-refractivity contribution in [3.8, 4) is 0 Å². The maximum atomic E-state index is 12.6. The zero-order chi connectivity index (χ0) is 16.4. The van der Waals surface area contributed by atoms with Gasteiger partial charge in [0.25, 0.3) is 5.91 Å². The van der Waals surface area contributed by atoms with Crippen LogP contribution in [0.3, 0.4) is 0 Å².